The van der Waals surface area contributed by atoms with Gasteiger partial charge in [0, 0.05) is 41.3 Å². The summed E-state index contributed by atoms with van der Waals surface area (Å²) in [7, 11) is 1.64. The normalized spacial score (nSPS) is 23.9. The van der Waals surface area contributed by atoms with Gasteiger partial charge in [-0.25, -0.2) is 0 Å². The number of ketones is 2. The van der Waals surface area contributed by atoms with Crippen LogP contribution in [0.15, 0.2) is 46.8 Å². The van der Waals surface area contributed by atoms with Crippen LogP contribution in [0.2, 0.25) is 0 Å². The molecule has 0 amide bonds. The molecule has 1 N–H and O–H groups in total. The molecule has 1 heterocycles. The van der Waals surface area contributed by atoms with Crippen LogP contribution in [0, 0.1) is 10.8 Å². The predicted octanol–water partition coefficient (Wildman–Crippen LogP) is 4.67. The van der Waals surface area contributed by atoms with E-state index in [9.17, 15) is 9.59 Å². The lowest BCUT2D eigenvalue weighted by Crippen LogP contribution is -2.42. The fraction of sp³-hybridized carbons (Fsp3) is 0.500. The lowest BCUT2D eigenvalue weighted by molar-refractivity contribution is -0.119. The molecule has 0 unspecified atom stereocenters. The number of methoxy groups -OCH3 is 1. The Balaban J connectivity index is 1.91. The van der Waals surface area contributed by atoms with Gasteiger partial charge in [-0.15, -0.1) is 0 Å². The third-order valence-electron chi connectivity index (χ3n) is 6.15. The Morgan fingerprint density at radius 3 is 1.93 bits per heavy atom. The Kier molecular flexibility index (Phi) is 4.29. The minimum Gasteiger partial charge on any atom is -0.497 e. The van der Waals surface area contributed by atoms with Crippen LogP contribution in [-0.4, -0.2) is 18.7 Å². The van der Waals surface area contributed by atoms with Crippen molar-refractivity contribution in [2.45, 2.75) is 59.3 Å². The monoisotopic (exact) mass is 379 g/mol. The highest BCUT2D eigenvalue weighted by molar-refractivity contribution is 6.06. The van der Waals surface area contributed by atoms with Crippen molar-refractivity contribution >= 4 is 11.6 Å². The van der Waals surface area contributed by atoms with Gasteiger partial charge in [0.25, 0.3) is 0 Å². The Morgan fingerprint density at radius 2 is 1.43 bits per heavy atom. The maximum atomic E-state index is 13.2. The van der Waals surface area contributed by atoms with Crippen molar-refractivity contribution in [1.82, 2.24) is 5.32 Å². The van der Waals surface area contributed by atoms with E-state index >= 15 is 0 Å². The number of hydrogen-bond acceptors (Lipinski definition) is 4. The third kappa shape index (κ3) is 3.19. The predicted molar refractivity (Wildman–Crippen MR) is 109 cm³/mol. The molecule has 1 aromatic carbocycles. The second-order valence-electron chi connectivity index (χ2n) is 10.0. The van der Waals surface area contributed by atoms with Crippen LogP contribution in [0.25, 0.3) is 0 Å². The Hall–Kier alpha value is -2.36. The van der Waals surface area contributed by atoms with Crippen molar-refractivity contribution in [3.8, 4) is 5.75 Å². The van der Waals surface area contributed by atoms with Crippen LogP contribution in [0.4, 0.5) is 0 Å². The van der Waals surface area contributed by atoms with Crippen LogP contribution in [0.5, 0.6) is 5.75 Å². The van der Waals surface area contributed by atoms with Gasteiger partial charge in [-0.2, -0.15) is 0 Å². The van der Waals surface area contributed by atoms with Gasteiger partial charge in [0.1, 0.15) is 5.75 Å². The number of nitrogens with one attached hydrogen (secondary N) is 1. The van der Waals surface area contributed by atoms with E-state index < -0.39 is 0 Å². The molecule has 0 saturated carbocycles. The summed E-state index contributed by atoms with van der Waals surface area (Å²) >= 11 is 0. The van der Waals surface area contributed by atoms with Gasteiger partial charge >= 0.3 is 0 Å². The van der Waals surface area contributed by atoms with Crippen molar-refractivity contribution in [1.29, 1.82) is 0 Å². The summed E-state index contributed by atoms with van der Waals surface area (Å²) in [4.78, 5) is 26.5. The van der Waals surface area contributed by atoms with Gasteiger partial charge < -0.3 is 10.1 Å². The lowest BCUT2D eigenvalue weighted by Gasteiger charge is -2.44. The molecule has 0 fully saturated rings. The summed E-state index contributed by atoms with van der Waals surface area (Å²) in [6.07, 6.45) is 2.66. The summed E-state index contributed by atoms with van der Waals surface area (Å²) in [6, 6.07) is 7.80. The van der Waals surface area contributed by atoms with Gasteiger partial charge in [-0.05, 0) is 41.4 Å². The summed E-state index contributed by atoms with van der Waals surface area (Å²) in [5.74, 6) is 0.743. The lowest BCUT2D eigenvalue weighted by atomic mass is 9.64. The van der Waals surface area contributed by atoms with Crippen molar-refractivity contribution in [2.24, 2.45) is 10.8 Å². The molecule has 0 spiro atoms. The van der Waals surface area contributed by atoms with Gasteiger partial charge in [0.15, 0.2) is 11.6 Å². The van der Waals surface area contributed by atoms with Crippen LogP contribution in [0.3, 0.4) is 0 Å². The number of allylic oxidation sites excluding steroid dienone is 4. The topological polar surface area (TPSA) is 55.4 Å². The molecule has 0 bridgehead atoms. The average molecular weight is 380 g/mol. The molecule has 0 aromatic heterocycles. The summed E-state index contributed by atoms with van der Waals surface area (Å²) in [6.45, 7) is 8.54. The van der Waals surface area contributed by atoms with Gasteiger partial charge in [0.2, 0.25) is 0 Å². The first-order chi connectivity index (χ1) is 13.1. The molecule has 148 valence electrons. The van der Waals surface area contributed by atoms with E-state index in [2.05, 4.69) is 33.0 Å². The third-order valence-corrected chi connectivity index (χ3v) is 6.15. The fourth-order valence-electron chi connectivity index (χ4n) is 5.04. The van der Waals surface area contributed by atoms with E-state index in [0.717, 1.165) is 46.7 Å². The number of benzene rings is 1. The van der Waals surface area contributed by atoms with E-state index in [0.29, 0.717) is 12.8 Å². The SMILES string of the molecule is COc1cccc(C2C3=C(CC(C)(C)CC3=O)NC3=C2C(=O)CC(C)(C)C3)c1. The van der Waals surface area contributed by atoms with Crippen molar-refractivity contribution in [2.75, 3.05) is 7.11 Å². The Bertz CT molecular complexity index is 881. The number of carbonyl (C=O) groups excluding carboxylic acids is 2. The number of hydrogen-bond donors (Lipinski definition) is 1. The molecule has 3 aliphatic rings. The second kappa shape index (κ2) is 6.33. The van der Waals surface area contributed by atoms with Crippen LogP contribution < -0.4 is 10.1 Å². The van der Waals surface area contributed by atoms with Crippen LogP contribution >= 0.6 is 0 Å². The van der Waals surface area contributed by atoms with Crippen LogP contribution in [0.1, 0.15) is 64.9 Å². The summed E-state index contributed by atoms with van der Waals surface area (Å²) < 4.78 is 5.42. The molecule has 28 heavy (non-hydrogen) atoms. The zero-order valence-corrected chi connectivity index (χ0v) is 17.4. The highest BCUT2D eigenvalue weighted by atomic mass is 16.5. The smallest absolute Gasteiger partial charge is 0.162 e. The Morgan fingerprint density at radius 1 is 0.893 bits per heavy atom. The van der Waals surface area contributed by atoms with Crippen LogP contribution in [-0.2, 0) is 9.59 Å². The first kappa shape index (κ1) is 19.0. The number of carbonyl (C=O) groups is 2. The van der Waals surface area contributed by atoms with Crippen molar-refractivity contribution in [3.63, 3.8) is 0 Å². The summed E-state index contributed by atoms with van der Waals surface area (Å²) in [5.41, 5.74) is 4.36. The first-order valence-corrected chi connectivity index (χ1v) is 10.0. The van der Waals surface area contributed by atoms with Gasteiger partial charge in [-0.3, -0.25) is 9.59 Å². The molecule has 0 radical (unpaired) electrons. The fourth-order valence-corrected chi connectivity index (χ4v) is 5.04. The van der Waals surface area contributed by atoms with E-state index in [-0.39, 0.29) is 28.3 Å². The molecular formula is C24H29NO3. The maximum Gasteiger partial charge on any atom is 0.162 e. The standard InChI is InChI=1S/C24H29NO3/c1-23(2)10-16-21(18(26)12-23)20(14-7-6-8-15(9-14)28-5)22-17(25-16)11-24(3,4)13-19(22)27/h6-9,20,25H,10-13H2,1-5H3. The zero-order valence-electron chi connectivity index (χ0n) is 17.4. The van der Waals surface area contributed by atoms with Crippen molar-refractivity contribution < 1.29 is 14.3 Å². The molecule has 1 aromatic rings. The quantitative estimate of drug-likeness (QED) is 0.811. The van der Waals surface area contributed by atoms with Gasteiger partial charge in [-0.1, -0.05) is 39.8 Å². The molecule has 0 saturated heterocycles. The highest BCUT2D eigenvalue weighted by Gasteiger charge is 2.46. The highest BCUT2D eigenvalue weighted by Crippen LogP contribution is 2.51. The molecule has 4 heteroatoms. The van der Waals surface area contributed by atoms with Crippen molar-refractivity contribution in [3.05, 3.63) is 52.4 Å². The summed E-state index contributed by atoms with van der Waals surface area (Å²) in [5, 5.41) is 3.54. The molecule has 4 rings (SSSR count). The van der Waals surface area contributed by atoms with E-state index in [1.807, 2.05) is 24.3 Å². The second-order valence-corrected chi connectivity index (χ2v) is 10.0. The minimum atomic E-state index is -0.298. The molecule has 2 aliphatic carbocycles. The van der Waals surface area contributed by atoms with E-state index in [1.165, 1.54) is 0 Å². The first-order valence-electron chi connectivity index (χ1n) is 10.0. The molecular weight excluding hydrogens is 350 g/mol. The average Bonchev–Trinajstić information content (AvgIpc) is 2.57. The molecule has 0 atom stereocenters. The van der Waals surface area contributed by atoms with E-state index in [1.54, 1.807) is 7.11 Å². The molecule has 4 nitrogen and oxygen atoms in total. The number of dihydropyridines is 1. The maximum absolute atomic E-state index is 13.2. The Labute approximate surface area is 167 Å². The number of Topliss-reactive ketones (excluding diaryl/α,β-unsaturated/α-hetero) is 2. The number of ether oxygens (including phenoxy) is 1. The zero-order chi connectivity index (χ0) is 20.3. The largest absolute Gasteiger partial charge is 0.497 e. The van der Waals surface area contributed by atoms with Gasteiger partial charge in [0.05, 0.1) is 7.11 Å². The number of rotatable bonds is 2. The molecule has 1 aliphatic heterocycles. The minimum absolute atomic E-state index is 0.0753. The van der Waals surface area contributed by atoms with E-state index in [4.69, 9.17) is 4.74 Å².